The van der Waals surface area contributed by atoms with Crippen LogP contribution >= 0.6 is 11.3 Å². The summed E-state index contributed by atoms with van der Waals surface area (Å²) in [5.41, 5.74) is 8.31. The summed E-state index contributed by atoms with van der Waals surface area (Å²) in [7, 11) is 1.72. The lowest BCUT2D eigenvalue weighted by Crippen LogP contribution is -2.11. The number of fused-ring (bicyclic) bond motifs is 1. The van der Waals surface area contributed by atoms with Crippen molar-refractivity contribution in [3.05, 3.63) is 45.4 Å². The van der Waals surface area contributed by atoms with Crippen LogP contribution in [0.3, 0.4) is 0 Å². The lowest BCUT2D eigenvalue weighted by molar-refractivity contribution is 0.413. The highest BCUT2D eigenvalue weighted by molar-refractivity contribution is 7.11. The first-order valence-corrected chi connectivity index (χ1v) is 7.43. The molecule has 1 atom stereocenters. The average molecular weight is 274 g/mol. The van der Waals surface area contributed by atoms with E-state index >= 15 is 0 Å². The van der Waals surface area contributed by atoms with Crippen LogP contribution in [0.25, 0.3) is 0 Å². The van der Waals surface area contributed by atoms with Crippen molar-refractivity contribution in [3.8, 4) is 5.75 Å². The molecule has 1 aliphatic rings. The van der Waals surface area contributed by atoms with Crippen LogP contribution in [0, 0.1) is 0 Å². The Kier molecular flexibility index (Phi) is 3.53. The summed E-state index contributed by atoms with van der Waals surface area (Å²) in [6.07, 6.45) is 3.31. The molecule has 0 radical (unpaired) electrons. The molecule has 2 aromatic rings. The molecule has 1 aliphatic carbocycles. The molecule has 2 N–H and O–H groups in total. The summed E-state index contributed by atoms with van der Waals surface area (Å²) in [6.45, 7) is 0.557. The largest absolute Gasteiger partial charge is 0.497 e. The molecule has 3 rings (SSSR count). The number of aryl methyl sites for hydroxylation is 1. The zero-order valence-corrected chi connectivity index (χ0v) is 11.9. The number of ether oxygens (including phenoxy) is 1. The number of nitrogens with zero attached hydrogens (tertiary/aromatic N) is 1. The van der Waals surface area contributed by atoms with Gasteiger partial charge in [0, 0.05) is 11.4 Å². The van der Waals surface area contributed by atoms with Crippen molar-refractivity contribution in [1.82, 2.24) is 4.98 Å². The van der Waals surface area contributed by atoms with Gasteiger partial charge in [-0.25, -0.2) is 4.98 Å². The van der Waals surface area contributed by atoms with Crippen LogP contribution in [-0.2, 0) is 19.4 Å². The molecule has 1 aromatic carbocycles. The van der Waals surface area contributed by atoms with Crippen molar-refractivity contribution < 1.29 is 4.74 Å². The first-order valence-electron chi connectivity index (χ1n) is 6.61. The number of nitrogens with two attached hydrogens (primary N) is 1. The van der Waals surface area contributed by atoms with E-state index in [0.29, 0.717) is 12.5 Å². The summed E-state index contributed by atoms with van der Waals surface area (Å²) in [5, 5.41) is 1.07. The highest BCUT2D eigenvalue weighted by atomic mass is 32.1. The number of hydrogen-bond donors (Lipinski definition) is 1. The Balaban J connectivity index is 1.84. The van der Waals surface area contributed by atoms with Gasteiger partial charge in [0.05, 0.1) is 12.8 Å². The molecular weight excluding hydrogens is 256 g/mol. The Labute approximate surface area is 117 Å². The predicted molar refractivity (Wildman–Crippen MR) is 77.8 cm³/mol. The summed E-state index contributed by atoms with van der Waals surface area (Å²) < 4.78 is 5.31. The molecule has 100 valence electrons. The lowest BCUT2D eigenvalue weighted by atomic mass is 9.85. The molecule has 1 aromatic heterocycles. The zero-order chi connectivity index (χ0) is 13.2. The van der Waals surface area contributed by atoms with E-state index in [1.54, 1.807) is 18.4 Å². The fourth-order valence-electron chi connectivity index (χ4n) is 2.70. The Bertz CT molecular complexity index is 579. The molecule has 0 fully saturated rings. The van der Waals surface area contributed by atoms with E-state index in [-0.39, 0.29) is 0 Å². The van der Waals surface area contributed by atoms with E-state index in [9.17, 15) is 0 Å². The number of hydrogen-bond acceptors (Lipinski definition) is 4. The van der Waals surface area contributed by atoms with E-state index in [2.05, 4.69) is 23.2 Å². The maximum atomic E-state index is 5.68. The smallest absolute Gasteiger partial charge is 0.119 e. The number of rotatable bonds is 3. The second-order valence-electron chi connectivity index (χ2n) is 4.90. The predicted octanol–water partition coefficient (Wildman–Crippen LogP) is 2.88. The third kappa shape index (κ3) is 2.51. The van der Waals surface area contributed by atoms with Crippen LogP contribution in [0.15, 0.2) is 24.3 Å². The van der Waals surface area contributed by atoms with Crippen molar-refractivity contribution in [2.24, 2.45) is 5.73 Å². The molecule has 1 heterocycles. The SMILES string of the molecule is COc1cccc(C2CCc3nc(CN)sc3C2)c1. The molecule has 0 aliphatic heterocycles. The minimum atomic E-state index is 0.557. The molecule has 1 unspecified atom stereocenters. The van der Waals surface area contributed by atoms with Gasteiger partial charge in [-0.15, -0.1) is 11.3 Å². The monoisotopic (exact) mass is 274 g/mol. The molecular formula is C15H18N2OS. The summed E-state index contributed by atoms with van der Waals surface area (Å²) in [6, 6.07) is 8.42. The zero-order valence-electron chi connectivity index (χ0n) is 11.1. The quantitative estimate of drug-likeness (QED) is 0.936. The number of benzene rings is 1. The maximum absolute atomic E-state index is 5.68. The van der Waals surface area contributed by atoms with E-state index in [1.807, 2.05) is 6.07 Å². The molecule has 3 nitrogen and oxygen atoms in total. The third-order valence-corrected chi connectivity index (χ3v) is 4.87. The van der Waals surface area contributed by atoms with E-state index in [1.165, 1.54) is 16.1 Å². The number of methoxy groups -OCH3 is 1. The van der Waals surface area contributed by atoms with Gasteiger partial charge in [0.1, 0.15) is 10.8 Å². The topological polar surface area (TPSA) is 48.1 Å². The first kappa shape index (κ1) is 12.6. The molecule has 0 spiro atoms. The average Bonchev–Trinajstić information content (AvgIpc) is 2.89. The van der Waals surface area contributed by atoms with Crippen LogP contribution < -0.4 is 10.5 Å². The third-order valence-electron chi connectivity index (χ3n) is 3.72. The minimum absolute atomic E-state index is 0.557. The molecule has 4 heteroatoms. The van der Waals surface area contributed by atoms with Gasteiger partial charge in [-0.05, 0) is 42.9 Å². The molecule has 0 saturated carbocycles. The van der Waals surface area contributed by atoms with Crippen molar-refractivity contribution in [1.29, 1.82) is 0 Å². The summed E-state index contributed by atoms with van der Waals surface area (Å²) in [5.74, 6) is 1.52. The highest BCUT2D eigenvalue weighted by Gasteiger charge is 2.23. The Morgan fingerprint density at radius 2 is 2.37 bits per heavy atom. The van der Waals surface area contributed by atoms with E-state index in [0.717, 1.165) is 30.0 Å². The standard InChI is InChI=1S/C15H18N2OS/c1-18-12-4-2-3-10(7-12)11-5-6-13-14(8-11)19-15(9-16)17-13/h2-4,7,11H,5-6,8-9,16H2,1H3. The summed E-state index contributed by atoms with van der Waals surface area (Å²) in [4.78, 5) is 6.02. The number of thiazole rings is 1. The molecule has 0 saturated heterocycles. The second-order valence-corrected chi connectivity index (χ2v) is 6.07. The second kappa shape index (κ2) is 5.31. The molecule has 19 heavy (non-hydrogen) atoms. The van der Waals surface area contributed by atoms with Gasteiger partial charge in [0.15, 0.2) is 0 Å². The van der Waals surface area contributed by atoms with Gasteiger partial charge in [-0.3, -0.25) is 0 Å². The van der Waals surface area contributed by atoms with Gasteiger partial charge in [0.2, 0.25) is 0 Å². The van der Waals surface area contributed by atoms with Crippen LogP contribution in [0.2, 0.25) is 0 Å². The fourth-order valence-corrected chi connectivity index (χ4v) is 3.77. The molecule has 0 bridgehead atoms. The Hall–Kier alpha value is -1.39. The van der Waals surface area contributed by atoms with Gasteiger partial charge in [-0.1, -0.05) is 12.1 Å². The van der Waals surface area contributed by atoms with Crippen molar-refractivity contribution in [2.45, 2.75) is 31.7 Å². The first-order chi connectivity index (χ1) is 9.30. The van der Waals surface area contributed by atoms with Crippen LogP contribution in [0.5, 0.6) is 5.75 Å². The highest BCUT2D eigenvalue weighted by Crippen LogP contribution is 2.36. The Morgan fingerprint density at radius 1 is 1.47 bits per heavy atom. The Morgan fingerprint density at radius 3 is 3.16 bits per heavy atom. The van der Waals surface area contributed by atoms with Crippen molar-refractivity contribution in [2.75, 3.05) is 7.11 Å². The lowest BCUT2D eigenvalue weighted by Gasteiger charge is -2.21. The number of aromatic nitrogens is 1. The molecule has 0 amide bonds. The van der Waals surface area contributed by atoms with Gasteiger partial charge >= 0.3 is 0 Å². The van der Waals surface area contributed by atoms with Gasteiger partial charge in [0.25, 0.3) is 0 Å². The van der Waals surface area contributed by atoms with Gasteiger partial charge in [-0.2, -0.15) is 0 Å². The van der Waals surface area contributed by atoms with Crippen molar-refractivity contribution >= 4 is 11.3 Å². The van der Waals surface area contributed by atoms with Crippen LogP contribution in [0.4, 0.5) is 0 Å². The van der Waals surface area contributed by atoms with E-state index < -0.39 is 0 Å². The maximum Gasteiger partial charge on any atom is 0.119 e. The van der Waals surface area contributed by atoms with Crippen LogP contribution in [-0.4, -0.2) is 12.1 Å². The van der Waals surface area contributed by atoms with Crippen molar-refractivity contribution in [3.63, 3.8) is 0 Å². The fraction of sp³-hybridized carbons (Fsp3) is 0.400. The minimum Gasteiger partial charge on any atom is -0.497 e. The summed E-state index contributed by atoms with van der Waals surface area (Å²) >= 11 is 1.78. The van der Waals surface area contributed by atoms with Gasteiger partial charge < -0.3 is 10.5 Å². The van der Waals surface area contributed by atoms with Crippen LogP contribution in [0.1, 0.15) is 33.5 Å². The van der Waals surface area contributed by atoms with E-state index in [4.69, 9.17) is 10.5 Å². The normalized spacial score (nSPS) is 18.1.